The standard InChI is InChI=1S/C23H28ClN5O3/c1-14-16(18-12-25-17-5-6-19(30)20(24)21(17)27-18)11-26-29(14)13-15-7-9-28(10-8-15)22(31)32-23(2,3)4/h5-6,11-12,15,30H,7-10,13H2,1-4H3. The number of amides is 1. The van der Waals surface area contributed by atoms with Crippen molar-refractivity contribution in [2.45, 2.75) is 52.7 Å². The first kappa shape index (κ1) is 22.3. The van der Waals surface area contributed by atoms with Crippen LogP contribution in [0.25, 0.3) is 22.3 Å². The number of ether oxygens (including phenoxy) is 1. The summed E-state index contributed by atoms with van der Waals surface area (Å²) in [6.45, 7) is 9.80. The summed E-state index contributed by atoms with van der Waals surface area (Å²) in [5, 5.41) is 14.6. The number of hydrogen-bond donors (Lipinski definition) is 1. The summed E-state index contributed by atoms with van der Waals surface area (Å²) in [5.74, 6) is 0.407. The molecule has 3 aromatic rings. The van der Waals surface area contributed by atoms with Gasteiger partial charge in [0, 0.05) is 30.9 Å². The molecule has 0 unspecified atom stereocenters. The third-order valence-corrected chi connectivity index (χ3v) is 6.08. The van der Waals surface area contributed by atoms with Crippen LogP contribution in [0.5, 0.6) is 5.75 Å². The first-order valence-corrected chi connectivity index (χ1v) is 11.1. The first-order valence-electron chi connectivity index (χ1n) is 10.8. The van der Waals surface area contributed by atoms with Gasteiger partial charge in [-0.1, -0.05) is 11.6 Å². The van der Waals surface area contributed by atoms with Crippen molar-refractivity contribution in [2.24, 2.45) is 5.92 Å². The fraction of sp³-hybridized carbons (Fsp3) is 0.478. The molecular formula is C23H28ClN5O3. The summed E-state index contributed by atoms with van der Waals surface area (Å²) in [6, 6.07) is 3.20. The van der Waals surface area contributed by atoms with Gasteiger partial charge >= 0.3 is 6.09 Å². The molecular weight excluding hydrogens is 430 g/mol. The largest absolute Gasteiger partial charge is 0.506 e. The molecule has 0 atom stereocenters. The minimum absolute atomic E-state index is 0.0178. The summed E-state index contributed by atoms with van der Waals surface area (Å²) >= 11 is 6.22. The molecule has 9 heteroatoms. The Morgan fingerprint density at radius 1 is 1.25 bits per heavy atom. The lowest BCUT2D eigenvalue weighted by Crippen LogP contribution is -2.42. The van der Waals surface area contributed by atoms with Crippen molar-refractivity contribution in [3.05, 3.63) is 35.2 Å². The molecule has 2 aromatic heterocycles. The number of phenols is 1. The smallest absolute Gasteiger partial charge is 0.410 e. The summed E-state index contributed by atoms with van der Waals surface area (Å²) in [7, 11) is 0. The van der Waals surface area contributed by atoms with Gasteiger partial charge in [0.1, 0.15) is 21.9 Å². The van der Waals surface area contributed by atoms with E-state index in [9.17, 15) is 9.90 Å². The van der Waals surface area contributed by atoms with Crippen LogP contribution >= 0.6 is 11.6 Å². The highest BCUT2D eigenvalue weighted by Crippen LogP contribution is 2.32. The third-order valence-electron chi connectivity index (χ3n) is 5.71. The van der Waals surface area contributed by atoms with E-state index in [1.54, 1.807) is 23.4 Å². The van der Waals surface area contributed by atoms with E-state index in [4.69, 9.17) is 16.3 Å². The molecule has 0 saturated carbocycles. The Kier molecular flexibility index (Phi) is 5.99. The molecule has 1 aromatic carbocycles. The molecule has 1 aliphatic heterocycles. The average Bonchev–Trinajstić information content (AvgIpc) is 3.10. The first-order chi connectivity index (χ1) is 15.1. The Hall–Kier alpha value is -2.87. The molecule has 32 heavy (non-hydrogen) atoms. The summed E-state index contributed by atoms with van der Waals surface area (Å²) in [4.78, 5) is 23.1. The molecule has 1 saturated heterocycles. The number of fused-ring (bicyclic) bond motifs is 1. The molecule has 3 heterocycles. The highest BCUT2D eigenvalue weighted by atomic mass is 35.5. The maximum absolute atomic E-state index is 12.3. The topological polar surface area (TPSA) is 93.4 Å². The van der Waals surface area contributed by atoms with Gasteiger partial charge in [-0.05, 0) is 58.6 Å². The molecule has 8 nitrogen and oxygen atoms in total. The van der Waals surface area contributed by atoms with Gasteiger partial charge < -0.3 is 14.7 Å². The van der Waals surface area contributed by atoms with Crippen LogP contribution in [-0.2, 0) is 11.3 Å². The molecule has 1 amide bonds. The van der Waals surface area contributed by atoms with Gasteiger partial charge in [0.15, 0.2) is 0 Å². The Morgan fingerprint density at radius 3 is 2.66 bits per heavy atom. The van der Waals surface area contributed by atoms with Crippen molar-refractivity contribution < 1.29 is 14.6 Å². The van der Waals surface area contributed by atoms with Crippen LogP contribution in [0.15, 0.2) is 24.5 Å². The zero-order valence-corrected chi connectivity index (χ0v) is 19.6. The van der Waals surface area contributed by atoms with E-state index < -0.39 is 5.60 Å². The van der Waals surface area contributed by atoms with Gasteiger partial charge in [-0.25, -0.2) is 9.78 Å². The van der Waals surface area contributed by atoms with Gasteiger partial charge in [0.2, 0.25) is 0 Å². The van der Waals surface area contributed by atoms with Crippen LogP contribution < -0.4 is 0 Å². The van der Waals surface area contributed by atoms with Gasteiger partial charge in [-0.15, -0.1) is 0 Å². The zero-order chi connectivity index (χ0) is 23.0. The lowest BCUT2D eigenvalue weighted by Gasteiger charge is -2.33. The lowest BCUT2D eigenvalue weighted by molar-refractivity contribution is 0.0177. The second-order valence-corrected chi connectivity index (χ2v) is 9.64. The number of rotatable bonds is 3. The van der Waals surface area contributed by atoms with E-state index in [1.807, 2.05) is 32.4 Å². The van der Waals surface area contributed by atoms with Crippen molar-refractivity contribution in [3.63, 3.8) is 0 Å². The van der Waals surface area contributed by atoms with E-state index in [2.05, 4.69) is 15.1 Å². The Balaban J connectivity index is 1.45. The van der Waals surface area contributed by atoms with Crippen molar-refractivity contribution in [1.82, 2.24) is 24.6 Å². The zero-order valence-electron chi connectivity index (χ0n) is 18.8. The normalized spacial score (nSPS) is 15.3. The number of hydrogen-bond acceptors (Lipinski definition) is 6. The predicted molar refractivity (Wildman–Crippen MR) is 123 cm³/mol. The second kappa shape index (κ2) is 8.58. The van der Waals surface area contributed by atoms with Gasteiger partial charge in [-0.2, -0.15) is 5.10 Å². The average molecular weight is 458 g/mol. The molecule has 4 rings (SSSR count). The maximum atomic E-state index is 12.3. The molecule has 0 bridgehead atoms. The van der Waals surface area contributed by atoms with Gasteiger partial charge in [0.25, 0.3) is 0 Å². The molecule has 0 radical (unpaired) electrons. The van der Waals surface area contributed by atoms with Crippen LogP contribution in [0.4, 0.5) is 4.79 Å². The number of aromatic hydroxyl groups is 1. The summed E-state index contributed by atoms with van der Waals surface area (Å²) in [6.07, 6.45) is 5.05. The number of aromatic nitrogens is 4. The molecule has 1 fully saturated rings. The number of likely N-dealkylation sites (tertiary alicyclic amines) is 1. The molecule has 0 spiro atoms. The van der Waals surface area contributed by atoms with E-state index in [1.165, 1.54) is 6.07 Å². The van der Waals surface area contributed by atoms with Gasteiger partial charge in [0.05, 0.1) is 23.6 Å². The van der Waals surface area contributed by atoms with Crippen molar-refractivity contribution in [1.29, 1.82) is 0 Å². The number of halogens is 1. The molecule has 1 aliphatic rings. The Bertz CT molecular complexity index is 1150. The third kappa shape index (κ3) is 4.65. The van der Waals surface area contributed by atoms with Gasteiger partial charge in [-0.3, -0.25) is 9.67 Å². The van der Waals surface area contributed by atoms with Crippen LogP contribution in [0.1, 0.15) is 39.3 Å². The minimum Gasteiger partial charge on any atom is -0.506 e. The Labute approximate surface area is 192 Å². The van der Waals surface area contributed by atoms with E-state index in [-0.39, 0.29) is 16.9 Å². The van der Waals surface area contributed by atoms with Crippen molar-refractivity contribution in [3.8, 4) is 17.0 Å². The quantitative estimate of drug-likeness (QED) is 0.606. The fourth-order valence-corrected chi connectivity index (χ4v) is 4.12. The van der Waals surface area contributed by atoms with E-state index in [0.717, 1.165) is 30.6 Å². The number of carbonyl (C=O) groups excluding carboxylic acids is 1. The number of piperidine rings is 1. The SMILES string of the molecule is Cc1c(-c2cnc3ccc(O)c(Cl)c3n2)cnn1CC1CCN(C(=O)OC(C)(C)C)CC1. The number of phenolic OH excluding ortho intramolecular Hbond substituents is 1. The molecule has 1 N–H and O–H groups in total. The molecule has 0 aliphatic carbocycles. The number of carbonyl (C=O) groups is 1. The Morgan fingerprint density at radius 2 is 1.97 bits per heavy atom. The maximum Gasteiger partial charge on any atom is 0.410 e. The summed E-state index contributed by atoms with van der Waals surface area (Å²) in [5.41, 5.74) is 3.14. The van der Waals surface area contributed by atoms with Crippen molar-refractivity contribution in [2.75, 3.05) is 13.1 Å². The molecule has 170 valence electrons. The number of nitrogens with zero attached hydrogens (tertiary/aromatic N) is 5. The summed E-state index contributed by atoms with van der Waals surface area (Å²) < 4.78 is 7.47. The van der Waals surface area contributed by atoms with E-state index >= 15 is 0 Å². The highest BCUT2D eigenvalue weighted by molar-refractivity contribution is 6.36. The number of benzene rings is 1. The van der Waals surface area contributed by atoms with E-state index in [0.29, 0.717) is 35.7 Å². The predicted octanol–water partition coefficient (Wildman–Crippen LogP) is 4.81. The van der Waals surface area contributed by atoms with Crippen LogP contribution in [-0.4, -0.2) is 54.5 Å². The monoisotopic (exact) mass is 457 g/mol. The van der Waals surface area contributed by atoms with Crippen molar-refractivity contribution >= 4 is 28.7 Å². The lowest BCUT2D eigenvalue weighted by atomic mass is 9.97. The second-order valence-electron chi connectivity index (χ2n) is 9.26. The van der Waals surface area contributed by atoms with Crippen LogP contribution in [0.3, 0.4) is 0 Å². The van der Waals surface area contributed by atoms with Crippen LogP contribution in [0.2, 0.25) is 5.02 Å². The highest BCUT2D eigenvalue weighted by Gasteiger charge is 2.27. The fourth-order valence-electron chi connectivity index (χ4n) is 3.92. The minimum atomic E-state index is -0.481. The van der Waals surface area contributed by atoms with Crippen LogP contribution in [0, 0.1) is 12.8 Å².